The Kier molecular flexibility index (Phi) is 43.8. The molecule has 67 heavy (non-hydrogen) atoms. The van der Waals surface area contributed by atoms with E-state index in [0.29, 0.717) is 19.3 Å². The number of nitrogens with one attached hydrogen (secondary N) is 1. The highest BCUT2D eigenvalue weighted by molar-refractivity contribution is 5.80. The molecule has 11 nitrogen and oxygen atoms in total. The second kappa shape index (κ2) is 46.0. The minimum atomic E-state index is -1.66. The molecule has 9 atom stereocenters. The highest BCUT2D eigenvalue weighted by atomic mass is 16.7. The van der Waals surface area contributed by atoms with Gasteiger partial charge in [0, 0.05) is 0 Å². The summed E-state index contributed by atoms with van der Waals surface area (Å²) in [4.78, 5) is 13.1. The van der Waals surface area contributed by atoms with E-state index in [1.54, 1.807) is 0 Å². The second-order valence-corrected chi connectivity index (χ2v) is 20.4. The number of amides is 1. The van der Waals surface area contributed by atoms with E-state index in [4.69, 9.17) is 9.47 Å². The van der Waals surface area contributed by atoms with Crippen LogP contribution in [0.25, 0.3) is 0 Å². The van der Waals surface area contributed by atoms with Crippen molar-refractivity contribution in [1.82, 2.24) is 5.32 Å². The molecular weight excluding hydrogens is 847 g/mol. The van der Waals surface area contributed by atoms with Crippen LogP contribution in [0.1, 0.15) is 271 Å². The number of unbranched alkanes of at least 4 members (excludes halogenated alkanes) is 35. The third-order valence-corrected chi connectivity index (χ3v) is 14.1. The molecule has 0 aliphatic carbocycles. The van der Waals surface area contributed by atoms with Crippen LogP contribution in [0, 0.1) is 0 Å². The van der Waals surface area contributed by atoms with Gasteiger partial charge < -0.3 is 50.5 Å². The van der Waals surface area contributed by atoms with Crippen molar-refractivity contribution in [3.63, 3.8) is 0 Å². The summed E-state index contributed by atoms with van der Waals surface area (Å²) >= 11 is 0. The molecule has 0 aromatic heterocycles. The van der Waals surface area contributed by atoms with Gasteiger partial charge in [0.05, 0.1) is 25.4 Å². The zero-order chi connectivity index (χ0) is 49.0. The maximum absolute atomic E-state index is 13.1. The van der Waals surface area contributed by atoms with Crippen LogP contribution < -0.4 is 5.32 Å². The van der Waals surface area contributed by atoms with Crippen molar-refractivity contribution >= 4 is 5.91 Å². The summed E-state index contributed by atoms with van der Waals surface area (Å²) in [6.45, 7) is 3.38. The van der Waals surface area contributed by atoms with Gasteiger partial charge in [0.15, 0.2) is 6.29 Å². The maximum atomic E-state index is 13.1. The van der Waals surface area contributed by atoms with E-state index in [0.717, 1.165) is 51.4 Å². The Morgan fingerprint density at radius 2 is 0.866 bits per heavy atom. The quantitative estimate of drug-likeness (QED) is 0.0215. The van der Waals surface area contributed by atoms with E-state index in [9.17, 15) is 40.5 Å². The van der Waals surface area contributed by atoms with Gasteiger partial charge in [0.1, 0.15) is 36.6 Å². The monoisotopic (exact) mass is 956 g/mol. The van der Waals surface area contributed by atoms with E-state index >= 15 is 0 Å². The van der Waals surface area contributed by atoms with E-state index in [2.05, 4.69) is 31.3 Å². The largest absolute Gasteiger partial charge is 0.394 e. The van der Waals surface area contributed by atoms with E-state index < -0.39 is 74.2 Å². The Morgan fingerprint density at radius 1 is 0.507 bits per heavy atom. The lowest BCUT2D eigenvalue weighted by Crippen LogP contribution is -2.60. The Hall–Kier alpha value is -1.15. The van der Waals surface area contributed by atoms with Crippen LogP contribution in [-0.2, 0) is 14.3 Å². The van der Waals surface area contributed by atoms with Crippen LogP contribution in [0.2, 0.25) is 0 Å². The molecule has 1 aliphatic heterocycles. The van der Waals surface area contributed by atoms with Crippen molar-refractivity contribution in [3.8, 4) is 0 Å². The minimum absolute atomic E-state index is 0.263. The Labute approximate surface area is 411 Å². The average Bonchev–Trinajstić information content (AvgIpc) is 3.33. The van der Waals surface area contributed by atoms with Gasteiger partial charge in [0.25, 0.3) is 0 Å². The zero-order valence-electron chi connectivity index (χ0n) is 43.4. The predicted molar refractivity (Wildman–Crippen MR) is 275 cm³/mol. The molecule has 0 aromatic rings. The molecule has 1 aliphatic rings. The van der Waals surface area contributed by atoms with Crippen molar-refractivity contribution in [3.05, 3.63) is 12.2 Å². The van der Waals surface area contributed by atoms with Crippen molar-refractivity contribution in [1.29, 1.82) is 0 Å². The summed E-state index contributed by atoms with van der Waals surface area (Å²) < 4.78 is 11.1. The predicted octanol–water partition coefficient (Wildman–Crippen LogP) is 11.6. The molecule has 0 spiro atoms. The van der Waals surface area contributed by atoms with Gasteiger partial charge in [-0.05, 0) is 38.5 Å². The second-order valence-electron chi connectivity index (χ2n) is 20.4. The highest BCUT2D eigenvalue weighted by Crippen LogP contribution is 2.23. The topological polar surface area (TPSA) is 189 Å². The highest BCUT2D eigenvalue weighted by Gasteiger charge is 2.44. The first-order valence-corrected chi connectivity index (χ1v) is 28.6. The number of hydrogen-bond donors (Lipinski definition) is 8. The number of carbonyl (C=O) groups excluding carboxylic acids is 1. The van der Waals surface area contributed by atoms with Gasteiger partial charge in [-0.1, -0.05) is 244 Å². The summed E-state index contributed by atoms with van der Waals surface area (Å²) in [5.74, 6) is -0.697. The summed E-state index contributed by atoms with van der Waals surface area (Å²) in [5.41, 5.74) is 0. The fraction of sp³-hybridized carbons (Fsp3) is 0.946. The van der Waals surface area contributed by atoms with Gasteiger partial charge >= 0.3 is 0 Å². The molecule has 0 aromatic carbocycles. The van der Waals surface area contributed by atoms with Crippen molar-refractivity contribution in [2.24, 2.45) is 0 Å². The Balaban J connectivity index is 2.07. The fourth-order valence-electron chi connectivity index (χ4n) is 9.38. The lowest BCUT2D eigenvalue weighted by molar-refractivity contribution is -0.303. The van der Waals surface area contributed by atoms with Crippen molar-refractivity contribution in [2.75, 3.05) is 13.2 Å². The van der Waals surface area contributed by atoms with E-state index in [1.165, 1.54) is 180 Å². The SMILES string of the molecule is CCCCCCCCCCCCCCCC/C=C\CCCCCCCCCCCCCCCCCCC(O)C(=O)NC(COC1OC(CO)C(O)C(O)C1O)C(O)C(O)CCCCCCCC. The molecular formula is C56H109NO10. The lowest BCUT2D eigenvalue weighted by atomic mass is 9.98. The molecule has 0 radical (unpaired) electrons. The molecule has 1 fully saturated rings. The Morgan fingerprint density at radius 3 is 1.25 bits per heavy atom. The Bertz CT molecular complexity index is 1100. The molecule has 1 rings (SSSR count). The fourth-order valence-corrected chi connectivity index (χ4v) is 9.38. The lowest BCUT2D eigenvalue weighted by Gasteiger charge is -2.40. The van der Waals surface area contributed by atoms with Crippen LogP contribution in [0.4, 0.5) is 0 Å². The zero-order valence-corrected chi connectivity index (χ0v) is 43.4. The number of aliphatic hydroxyl groups excluding tert-OH is 7. The van der Waals surface area contributed by atoms with Gasteiger partial charge in [-0.25, -0.2) is 0 Å². The summed E-state index contributed by atoms with van der Waals surface area (Å²) in [6.07, 6.45) is 42.1. The first-order chi connectivity index (χ1) is 32.7. The summed E-state index contributed by atoms with van der Waals surface area (Å²) in [7, 11) is 0. The molecule has 8 N–H and O–H groups in total. The van der Waals surface area contributed by atoms with Gasteiger partial charge in [-0.15, -0.1) is 0 Å². The van der Waals surface area contributed by atoms with Crippen LogP contribution in [0.5, 0.6) is 0 Å². The summed E-state index contributed by atoms with van der Waals surface area (Å²) in [6, 6.07) is -1.16. The van der Waals surface area contributed by atoms with E-state index in [1.807, 2.05) is 0 Å². The number of ether oxygens (including phenoxy) is 2. The van der Waals surface area contributed by atoms with Gasteiger partial charge in [-0.2, -0.15) is 0 Å². The number of rotatable bonds is 49. The molecule has 1 saturated heterocycles. The number of carbonyl (C=O) groups is 1. The third kappa shape index (κ3) is 34.8. The molecule has 0 bridgehead atoms. The molecule has 9 unspecified atom stereocenters. The number of allylic oxidation sites excluding steroid dienone is 2. The third-order valence-electron chi connectivity index (χ3n) is 14.1. The summed E-state index contributed by atoms with van der Waals surface area (Å²) in [5, 5.41) is 75.4. The van der Waals surface area contributed by atoms with E-state index in [-0.39, 0.29) is 6.42 Å². The van der Waals surface area contributed by atoms with Crippen LogP contribution in [-0.4, -0.2) is 110 Å². The first kappa shape index (κ1) is 63.9. The first-order valence-electron chi connectivity index (χ1n) is 28.6. The average molecular weight is 956 g/mol. The molecule has 0 saturated carbocycles. The standard InChI is InChI=1S/C56H109NO10/c1-3-5-7-9-11-12-13-14-15-16-17-18-19-20-21-22-23-24-25-26-27-28-29-30-31-32-33-34-35-36-37-38-40-42-44-49(60)55(65)57-47(51(61)48(59)43-41-39-10-8-6-4-2)46-66-56-54(64)53(63)52(62)50(45-58)67-56/h22-23,47-54,56,58-64H,3-21,24-46H2,1-2H3,(H,57,65)/b23-22-. The number of aliphatic hydroxyl groups is 7. The molecule has 1 heterocycles. The van der Waals surface area contributed by atoms with Crippen molar-refractivity contribution < 1.29 is 50.0 Å². The number of hydrogen-bond acceptors (Lipinski definition) is 10. The van der Waals surface area contributed by atoms with Gasteiger partial charge in [0.2, 0.25) is 5.91 Å². The smallest absolute Gasteiger partial charge is 0.249 e. The molecule has 1 amide bonds. The van der Waals surface area contributed by atoms with Gasteiger partial charge in [-0.3, -0.25) is 4.79 Å². The van der Waals surface area contributed by atoms with Crippen LogP contribution >= 0.6 is 0 Å². The molecule has 398 valence electrons. The maximum Gasteiger partial charge on any atom is 0.249 e. The minimum Gasteiger partial charge on any atom is -0.394 e. The normalized spacial score (nSPS) is 20.6. The molecule has 11 heteroatoms. The van der Waals surface area contributed by atoms with Crippen LogP contribution in [0.3, 0.4) is 0 Å². The van der Waals surface area contributed by atoms with Crippen molar-refractivity contribution in [2.45, 2.75) is 326 Å². The van der Waals surface area contributed by atoms with Crippen LogP contribution in [0.15, 0.2) is 12.2 Å².